The fourth-order valence-electron chi connectivity index (χ4n) is 2.90. The summed E-state index contributed by atoms with van der Waals surface area (Å²) in [4.78, 5) is 24.2. The number of carbonyl (C=O) groups is 2. The van der Waals surface area contributed by atoms with Gasteiger partial charge in [-0.15, -0.1) is 0 Å². The molecule has 1 aliphatic rings. The zero-order valence-corrected chi connectivity index (χ0v) is 14.6. The summed E-state index contributed by atoms with van der Waals surface area (Å²) in [6, 6.07) is 10.5. The number of rotatable bonds is 5. The molecule has 130 valence electrons. The molecular formula is C19H18ClNO4. The lowest BCUT2D eigenvalue weighted by atomic mass is 10.1. The zero-order valence-electron chi connectivity index (χ0n) is 13.8. The Kier molecular flexibility index (Phi) is 5.24. The number of halogens is 1. The minimum atomic E-state index is -0.663. The van der Waals surface area contributed by atoms with Crippen LogP contribution in [0.5, 0.6) is 5.75 Å². The van der Waals surface area contributed by atoms with Gasteiger partial charge >= 0.3 is 5.97 Å². The third-order valence-electron chi connectivity index (χ3n) is 4.10. The lowest BCUT2D eigenvalue weighted by molar-refractivity contribution is -0.119. The molecule has 0 aliphatic heterocycles. The highest BCUT2D eigenvalue weighted by atomic mass is 35.5. The van der Waals surface area contributed by atoms with Gasteiger partial charge in [0.2, 0.25) is 0 Å². The Hall–Kier alpha value is -2.53. The summed E-state index contributed by atoms with van der Waals surface area (Å²) in [6.45, 7) is -0.383. The highest BCUT2D eigenvalue weighted by Gasteiger charge is 2.17. The Labute approximate surface area is 150 Å². The molecule has 0 saturated carbocycles. The topological polar surface area (TPSA) is 64.6 Å². The number of carbonyl (C=O) groups excluding carboxylic acids is 2. The number of amides is 1. The Balaban J connectivity index is 1.59. The molecule has 0 spiro atoms. The van der Waals surface area contributed by atoms with Crippen molar-refractivity contribution in [1.29, 1.82) is 0 Å². The SMILES string of the molecule is COc1ccc(Cl)cc1C(=O)OCC(=O)Nc1ccc2c(c1)CCC2. The Morgan fingerprint density at radius 2 is 1.92 bits per heavy atom. The lowest BCUT2D eigenvalue weighted by Gasteiger charge is -2.10. The molecule has 3 rings (SSSR count). The van der Waals surface area contributed by atoms with Crippen molar-refractivity contribution in [2.45, 2.75) is 19.3 Å². The third-order valence-corrected chi connectivity index (χ3v) is 4.33. The van der Waals surface area contributed by atoms with E-state index in [0.29, 0.717) is 16.5 Å². The van der Waals surface area contributed by atoms with Crippen LogP contribution in [0.15, 0.2) is 36.4 Å². The Morgan fingerprint density at radius 3 is 2.72 bits per heavy atom. The number of esters is 1. The van der Waals surface area contributed by atoms with Crippen LogP contribution in [0.1, 0.15) is 27.9 Å². The van der Waals surface area contributed by atoms with Crippen LogP contribution < -0.4 is 10.1 Å². The van der Waals surface area contributed by atoms with Gasteiger partial charge in [0.15, 0.2) is 6.61 Å². The molecule has 0 radical (unpaired) electrons. The van der Waals surface area contributed by atoms with Gasteiger partial charge in [-0.3, -0.25) is 4.79 Å². The monoisotopic (exact) mass is 359 g/mol. The number of fused-ring (bicyclic) bond motifs is 1. The van der Waals surface area contributed by atoms with Gasteiger partial charge in [-0.2, -0.15) is 0 Å². The van der Waals surface area contributed by atoms with Crippen molar-refractivity contribution in [1.82, 2.24) is 0 Å². The summed E-state index contributed by atoms with van der Waals surface area (Å²) in [5.74, 6) is -0.718. The van der Waals surface area contributed by atoms with Crippen LogP contribution in [0.3, 0.4) is 0 Å². The Morgan fingerprint density at radius 1 is 1.12 bits per heavy atom. The molecule has 0 aromatic heterocycles. The highest BCUT2D eigenvalue weighted by Crippen LogP contribution is 2.25. The van der Waals surface area contributed by atoms with Crippen molar-refractivity contribution in [3.63, 3.8) is 0 Å². The summed E-state index contributed by atoms with van der Waals surface area (Å²) in [5.41, 5.74) is 3.48. The second kappa shape index (κ2) is 7.57. The van der Waals surface area contributed by atoms with Crippen LogP contribution in [0.25, 0.3) is 0 Å². The van der Waals surface area contributed by atoms with Gasteiger partial charge in [-0.25, -0.2) is 4.79 Å². The molecule has 6 heteroatoms. The smallest absolute Gasteiger partial charge is 0.342 e. The van der Waals surface area contributed by atoms with Crippen molar-refractivity contribution in [2.24, 2.45) is 0 Å². The predicted octanol–water partition coefficient (Wildman–Crippen LogP) is 3.63. The van der Waals surface area contributed by atoms with Crippen LogP contribution >= 0.6 is 11.6 Å². The van der Waals surface area contributed by atoms with E-state index in [1.54, 1.807) is 12.1 Å². The molecule has 1 amide bonds. The maximum Gasteiger partial charge on any atom is 0.342 e. The standard InChI is InChI=1S/C19H18ClNO4/c1-24-17-8-6-14(20)10-16(17)19(23)25-11-18(22)21-15-7-5-12-3-2-4-13(12)9-15/h5-10H,2-4,11H2,1H3,(H,21,22). The molecular weight excluding hydrogens is 342 g/mol. The van der Waals surface area contributed by atoms with E-state index in [1.165, 1.54) is 24.3 Å². The lowest BCUT2D eigenvalue weighted by Crippen LogP contribution is -2.21. The molecule has 0 bridgehead atoms. The number of hydrogen-bond donors (Lipinski definition) is 1. The first-order valence-corrected chi connectivity index (χ1v) is 8.37. The molecule has 1 N–H and O–H groups in total. The third kappa shape index (κ3) is 4.12. The molecule has 0 heterocycles. The van der Waals surface area contributed by atoms with Crippen LogP contribution in [-0.2, 0) is 22.4 Å². The van der Waals surface area contributed by atoms with E-state index in [0.717, 1.165) is 19.3 Å². The maximum atomic E-state index is 12.1. The summed E-state index contributed by atoms with van der Waals surface area (Å²) in [5, 5.41) is 3.13. The first-order valence-electron chi connectivity index (χ1n) is 7.99. The molecule has 0 saturated heterocycles. The quantitative estimate of drug-likeness (QED) is 0.828. The second-order valence-electron chi connectivity index (χ2n) is 5.81. The zero-order chi connectivity index (χ0) is 17.8. The van der Waals surface area contributed by atoms with E-state index < -0.39 is 11.9 Å². The fourth-order valence-corrected chi connectivity index (χ4v) is 3.07. The number of hydrogen-bond acceptors (Lipinski definition) is 4. The summed E-state index contributed by atoms with van der Waals surface area (Å²) >= 11 is 5.89. The van der Waals surface area contributed by atoms with Crippen LogP contribution in [0.2, 0.25) is 5.02 Å². The number of aryl methyl sites for hydroxylation is 2. The molecule has 0 unspecified atom stereocenters. The molecule has 0 fully saturated rings. The number of methoxy groups -OCH3 is 1. The van der Waals surface area contributed by atoms with Gasteiger partial charge in [0.25, 0.3) is 5.91 Å². The number of ether oxygens (including phenoxy) is 2. The van der Waals surface area contributed by atoms with Gasteiger partial charge in [-0.05, 0) is 60.7 Å². The fraction of sp³-hybridized carbons (Fsp3) is 0.263. The predicted molar refractivity (Wildman–Crippen MR) is 95.4 cm³/mol. The van der Waals surface area contributed by atoms with Gasteiger partial charge < -0.3 is 14.8 Å². The van der Waals surface area contributed by atoms with Crippen LogP contribution in [0.4, 0.5) is 5.69 Å². The van der Waals surface area contributed by atoms with Crippen molar-refractivity contribution >= 4 is 29.2 Å². The average Bonchev–Trinajstić information content (AvgIpc) is 3.07. The largest absolute Gasteiger partial charge is 0.496 e. The average molecular weight is 360 g/mol. The molecule has 2 aromatic rings. The summed E-state index contributed by atoms with van der Waals surface area (Å²) in [7, 11) is 1.45. The first kappa shape index (κ1) is 17.3. The maximum absolute atomic E-state index is 12.1. The van der Waals surface area contributed by atoms with E-state index in [-0.39, 0.29) is 12.2 Å². The normalized spacial score (nSPS) is 12.4. The summed E-state index contributed by atoms with van der Waals surface area (Å²) < 4.78 is 10.2. The van der Waals surface area contributed by atoms with Crippen molar-refractivity contribution in [3.8, 4) is 5.75 Å². The van der Waals surface area contributed by atoms with Gasteiger partial charge in [-0.1, -0.05) is 17.7 Å². The highest BCUT2D eigenvalue weighted by molar-refractivity contribution is 6.31. The van der Waals surface area contributed by atoms with E-state index in [4.69, 9.17) is 21.1 Å². The van der Waals surface area contributed by atoms with Crippen molar-refractivity contribution in [2.75, 3.05) is 19.0 Å². The van der Waals surface area contributed by atoms with Crippen LogP contribution in [0, 0.1) is 0 Å². The van der Waals surface area contributed by atoms with Crippen molar-refractivity contribution < 1.29 is 19.1 Å². The van der Waals surface area contributed by atoms with E-state index >= 15 is 0 Å². The van der Waals surface area contributed by atoms with Crippen molar-refractivity contribution in [3.05, 3.63) is 58.1 Å². The van der Waals surface area contributed by atoms with Gasteiger partial charge in [0.05, 0.1) is 7.11 Å². The minimum absolute atomic E-state index is 0.181. The van der Waals surface area contributed by atoms with E-state index in [2.05, 4.69) is 5.32 Å². The minimum Gasteiger partial charge on any atom is -0.496 e. The number of nitrogens with one attached hydrogen (secondary N) is 1. The van der Waals surface area contributed by atoms with Gasteiger partial charge in [0.1, 0.15) is 11.3 Å². The molecule has 5 nitrogen and oxygen atoms in total. The Bertz CT molecular complexity index is 819. The summed E-state index contributed by atoms with van der Waals surface area (Å²) in [6.07, 6.45) is 3.26. The molecule has 2 aromatic carbocycles. The second-order valence-corrected chi connectivity index (χ2v) is 6.24. The first-order chi connectivity index (χ1) is 12.1. The number of anilines is 1. The van der Waals surface area contributed by atoms with Gasteiger partial charge in [0, 0.05) is 10.7 Å². The van der Waals surface area contributed by atoms with E-state index in [1.807, 2.05) is 18.2 Å². The number of benzene rings is 2. The van der Waals surface area contributed by atoms with E-state index in [9.17, 15) is 9.59 Å². The molecule has 0 atom stereocenters. The molecule has 1 aliphatic carbocycles. The van der Waals surface area contributed by atoms with Crippen LogP contribution in [-0.4, -0.2) is 25.6 Å². The molecule has 25 heavy (non-hydrogen) atoms.